The standard InChI is InChI=1S/C56H51BO2/c1-54(2,3)37-24-22-36(23-25-37)51-43-16-12-10-14-41(43)50(42-15-11-13-17-44(42)51)35-20-18-34(19-21-35)40-28-31-47-52-53(40)59-49-33-39(56(7,8)9)27-30-46(49)57(52)45-29-26-38(55(4,5)6)32-48(45)58-47/h10-33H,1-9H3. The van der Waals surface area contributed by atoms with E-state index in [2.05, 4.69) is 208 Å². The summed E-state index contributed by atoms with van der Waals surface area (Å²) in [5, 5.41) is 5.02. The molecule has 0 aliphatic carbocycles. The number of hydrogen-bond donors (Lipinski definition) is 0. The smallest absolute Gasteiger partial charge is 0.260 e. The van der Waals surface area contributed by atoms with Gasteiger partial charge in [-0.25, -0.2) is 0 Å². The lowest BCUT2D eigenvalue weighted by atomic mass is 9.34. The monoisotopic (exact) mass is 766 g/mol. The van der Waals surface area contributed by atoms with Crippen LogP contribution in [0.2, 0.25) is 0 Å². The number of rotatable bonds is 3. The molecule has 290 valence electrons. The van der Waals surface area contributed by atoms with E-state index in [0.29, 0.717) is 0 Å². The van der Waals surface area contributed by atoms with Gasteiger partial charge in [0.05, 0.1) is 0 Å². The number of fused-ring (bicyclic) bond motifs is 6. The quantitative estimate of drug-likeness (QED) is 0.132. The summed E-state index contributed by atoms with van der Waals surface area (Å²) < 4.78 is 13.9. The molecule has 2 aliphatic rings. The van der Waals surface area contributed by atoms with Crippen molar-refractivity contribution in [2.24, 2.45) is 0 Å². The highest BCUT2D eigenvalue weighted by Crippen LogP contribution is 2.46. The first kappa shape index (κ1) is 37.2. The second-order valence-electron chi connectivity index (χ2n) is 19.7. The van der Waals surface area contributed by atoms with Crippen LogP contribution in [0.15, 0.2) is 146 Å². The first-order valence-electron chi connectivity index (χ1n) is 21.1. The van der Waals surface area contributed by atoms with Crippen molar-refractivity contribution >= 4 is 44.6 Å². The summed E-state index contributed by atoms with van der Waals surface area (Å²) in [6.45, 7) is 20.4. The Morgan fingerprint density at radius 2 is 0.780 bits per heavy atom. The molecule has 3 heteroatoms. The molecule has 0 saturated carbocycles. The van der Waals surface area contributed by atoms with Gasteiger partial charge in [0.2, 0.25) is 0 Å². The Morgan fingerprint density at radius 1 is 0.373 bits per heavy atom. The SMILES string of the molecule is CC(C)(C)c1ccc(-c2c3ccccc3c(-c3ccc(-c4ccc5c6c4Oc4cc(C(C)(C)C)ccc4B6c4ccc(C(C)(C)C)cc4O5)cc3)c3ccccc23)cc1. The van der Waals surface area contributed by atoms with Gasteiger partial charge in [0, 0.05) is 11.0 Å². The zero-order valence-corrected chi connectivity index (χ0v) is 35.8. The van der Waals surface area contributed by atoms with Gasteiger partial charge in [-0.2, -0.15) is 0 Å². The maximum atomic E-state index is 7.07. The van der Waals surface area contributed by atoms with Crippen molar-refractivity contribution in [2.45, 2.75) is 78.6 Å². The Hall–Kier alpha value is -6.06. The highest BCUT2D eigenvalue weighted by molar-refractivity contribution is 6.98. The van der Waals surface area contributed by atoms with Crippen LogP contribution in [0.4, 0.5) is 0 Å². The first-order chi connectivity index (χ1) is 28.1. The summed E-state index contributed by atoms with van der Waals surface area (Å²) in [5.41, 5.74) is 14.5. The third kappa shape index (κ3) is 6.17. The molecule has 0 fully saturated rings. The summed E-state index contributed by atoms with van der Waals surface area (Å²) in [6.07, 6.45) is 0. The molecule has 0 atom stereocenters. The molecule has 2 nitrogen and oxygen atoms in total. The summed E-state index contributed by atoms with van der Waals surface area (Å²) in [5.74, 6) is 3.59. The van der Waals surface area contributed by atoms with E-state index in [1.54, 1.807) is 0 Å². The predicted octanol–water partition coefficient (Wildman–Crippen LogP) is 13.6. The van der Waals surface area contributed by atoms with Crippen molar-refractivity contribution < 1.29 is 9.47 Å². The van der Waals surface area contributed by atoms with E-state index in [-0.39, 0.29) is 23.0 Å². The van der Waals surface area contributed by atoms with Crippen molar-refractivity contribution in [1.82, 2.24) is 0 Å². The molecule has 0 N–H and O–H groups in total. The maximum Gasteiger partial charge on any atom is 0.260 e. The number of hydrogen-bond acceptors (Lipinski definition) is 2. The van der Waals surface area contributed by atoms with Gasteiger partial charge in [0.1, 0.15) is 23.0 Å². The van der Waals surface area contributed by atoms with E-state index >= 15 is 0 Å². The minimum absolute atomic E-state index is 0.00401. The van der Waals surface area contributed by atoms with Crippen molar-refractivity contribution in [3.63, 3.8) is 0 Å². The van der Waals surface area contributed by atoms with Gasteiger partial charge in [0.25, 0.3) is 6.71 Å². The Balaban J connectivity index is 1.11. The van der Waals surface area contributed by atoms with Crippen molar-refractivity contribution in [2.75, 3.05) is 0 Å². The minimum atomic E-state index is -0.0161. The maximum absolute atomic E-state index is 7.07. The van der Waals surface area contributed by atoms with Crippen LogP contribution in [0.5, 0.6) is 23.0 Å². The Morgan fingerprint density at radius 3 is 1.24 bits per heavy atom. The predicted molar refractivity (Wildman–Crippen MR) is 252 cm³/mol. The summed E-state index contributed by atoms with van der Waals surface area (Å²) >= 11 is 0. The van der Waals surface area contributed by atoms with Crippen molar-refractivity contribution in [1.29, 1.82) is 0 Å². The lowest BCUT2D eigenvalue weighted by Crippen LogP contribution is -2.57. The minimum Gasteiger partial charge on any atom is -0.458 e. The fraction of sp³-hybridized carbons (Fsp3) is 0.214. The number of benzene rings is 8. The second-order valence-corrected chi connectivity index (χ2v) is 19.7. The van der Waals surface area contributed by atoms with E-state index in [1.165, 1.54) is 71.4 Å². The average molecular weight is 767 g/mol. The molecule has 0 unspecified atom stereocenters. The Kier molecular flexibility index (Phi) is 8.35. The van der Waals surface area contributed by atoms with Gasteiger partial charge in [-0.1, -0.05) is 184 Å². The van der Waals surface area contributed by atoms with E-state index < -0.39 is 0 Å². The molecule has 0 aromatic heterocycles. The third-order valence-electron chi connectivity index (χ3n) is 12.7. The van der Waals surface area contributed by atoms with Gasteiger partial charge in [-0.3, -0.25) is 0 Å². The van der Waals surface area contributed by atoms with Crippen LogP contribution < -0.4 is 25.9 Å². The molecule has 0 saturated heterocycles. The molecule has 2 aliphatic heterocycles. The van der Waals surface area contributed by atoms with Gasteiger partial charge in [-0.15, -0.1) is 0 Å². The second kappa shape index (κ2) is 13.2. The summed E-state index contributed by atoms with van der Waals surface area (Å²) in [7, 11) is 0. The zero-order chi connectivity index (χ0) is 41.0. The molecule has 2 heterocycles. The number of ether oxygens (including phenoxy) is 2. The molecule has 8 aromatic rings. The van der Waals surface area contributed by atoms with E-state index in [4.69, 9.17) is 9.47 Å². The van der Waals surface area contributed by atoms with Gasteiger partial charge in [-0.05, 0) is 117 Å². The van der Waals surface area contributed by atoms with Crippen LogP contribution in [0.1, 0.15) is 79.0 Å². The van der Waals surface area contributed by atoms with Crippen LogP contribution in [-0.4, -0.2) is 6.71 Å². The molecule has 59 heavy (non-hydrogen) atoms. The molecule has 0 amide bonds. The van der Waals surface area contributed by atoms with Crippen LogP contribution in [0, 0.1) is 0 Å². The van der Waals surface area contributed by atoms with Gasteiger partial charge < -0.3 is 9.47 Å². The Labute approximate surface area is 349 Å². The molecule has 0 spiro atoms. The fourth-order valence-corrected chi connectivity index (χ4v) is 9.35. The summed E-state index contributed by atoms with van der Waals surface area (Å²) in [6, 6.07) is 54.0. The fourth-order valence-electron chi connectivity index (χ4n) is 9.35. The molecular formula is C56H51BO2. The largest absolute Gasteiger partial charge is 0.458 e. The molecule has 10 rings (SSSR count). The Bertz CT molecular complexity index is 2900. The molecule has 0 bridgehead atoms. The van der Waals surface area contributed by atoms with Gasteiger partial charge in [0.15, 0.2) is 0 Å². The van der Waals surface area contributed by atoms with Crippen molar-refractivity contribution in [3.8, 4) is 56.4 Å². The van der Waals surface area contributed by atoms with E-state index in [9.17, 15) is 0 Å². The van der Waals surface area contributed by atoms with E-state index in [0.717, 1.165) is 39.6 Å². The highest BCUT2D eigenvalue weighted by atomic mass is 16.5. The molecule has 0 radical (unpaired) electrons. The zero-order valence-electron chi connectivity index (χ0n) is 35.8. The van der Waals surface area contributed by atoms with Crippen LogP contribution in [0.25, 0.3) is 54.9 Å². The van der Waals surface area contributed by atoms with E-state index in [1.807, 2.05) is 0 Å². The average Bonchev–Trinajstić information content (AvgIpc) is 3.21. The lowest BCUT2D eigenvalue weighted by Gasteiger charge is -2.35. The van der Waals surface area contributed by atoms with Gasteiger partial charge >= 0.3 is 0 Å². The normalized spacial score (nSPS) is 13.4. The third-order valence-corrected chi connectivity index (χ3v) is 12.7. The summed E-state index contributed by atoms with van der Waals surface area (Å²) in [4.78, 5) is 0. The van der Waals surface area contributed by atoms with Crippen LogP contribution in [-0.2, 0) is 16.2 Å². The first-order valence-corrected chi connectivity index (χ1v) is 21.1. The highest BCUT2D eigenvalue weighted by Gasteiger charge is 2.42. The van der Waals surface area contributed by atoms with Crippen molar-refractivity contribution in [3.05, 3.63) is 162 Å². The van der Waals surface area contributed by atoms with Crippen LogP contribution >= 0.6 is 0 Å². The van der Waals surface area contributed by atoms with Crippen LogP contribution in [0.3, 0.4) is 0 Å². The molecule has 8 aromatic carbocycles. The lowest BCUT2D eigenvalue weighted by molar-refractivity contribution is 0.462. The topological polar surface area (TPSA) is 18.5 Å². The molecular weight excluding hydrogens is 715 g/mol.